The summed E-state index contributed by atoms with van der Waals surface area (Å²) >= 11 is 6.56. The molecule has 2 amide bonds. The highest BCUT2D eigenvalue weighted by Gasteiger charge is 2.28. The largest absolute Gasteiger partial charge is 0.494 e. The molecule has 0 radical (unpaired) electrons. The summed E-state index contributed by atoms with van der Waals surface area (Å²) in [4.78, 5) is 38.2. The Morgan fingerprint density at radius 3 is 2.44 bits per heavy atom. The van der Waals surface area contributed by atoms with E-state index < -0.39 is 5.82 Å². The number of hydrogen-bond donors (Lipinski definition) is 1. The summed E-state index contributed by atoms with van der Waals surface area (Å²) in [6.45, 7) is 2.30. The van der Waals surface area contributed by atoms with E-state index in [1.807, 2.05) is 26.0 Å². The number of carbonyl (C=O) groups is 2. The van der Waals surface area contributed by atoms with Crippen molar-refractivity contribution in [1.29, 1.82) is 0 Å². The number of rotatable bonds is 7. The number of aromatic nitrogens is 3. The molecule has 0 aliphatic carbocycles. The minimum atomic E-state index is -0.466. The molecule has 1 N–H and O–H groups in total. The third-order valence-corrected chi connectivity index (χ3v) is 7.18. The number of likely N-dealkylation sites (N-methyl/N-ethyl adjacent to an activating group) is 1. The van der Waals surface area contributed by atoms with Crippen LogP contribution in [-0.4, -0.2) is 101 Å². The van der Waals surface area contributed by atoms with Gasteiger partial charge in [0.05, 0.1) is 50.7 Å². The predicted octanol–water partition coefficient (Wildman–Crippen LogP) is 3.93. The standard InChI is InChI=1S/C29H31ClFN7O3/c1-38(2,3)18-26(39)35-11-13-36(14-12-35)29(40)21-7-6-20(16-22(21)30)34-27-28-33-17-24(37(28)10-9-32-27)19-5-8-25(41-4)23(31)15-19/h5-10,15-17H,11-14,18H2,1-4H3/p+1. The first-order valence-electron chi connectivity index (χ1n) is 13.1. The molecule has 1 aliphatic rings. The predicted molar refractivity (Wildman–Crippen MR) is 155 cm³/mol. The molecule has 12 heteroatoms. The number of halogens is 2. The zero-order chi connectivity index (χ0) is 29.3. The van der Waals surface area contributed by atoms with Crippen LogP contribution in [0.2, 0.25) is 5.02 Å². The van der Waals surface area contributed by atoms with Crippen LogP contribution in [0.4, 0.5) is 15.9 Å². The average Bonchev–Trinajstić information content (AvgIpc) is 3.37. The highest BCUT2D eigenvalue weighted by molar-refractivity contribution is 6.34. The number of ether oxygens (including phenoxy) is 1. The Labute approximate surface area is 242 Å². The van der Waals surface area contributed by atoms with Gasteiger partial charge in [-0.25, -0.2) is 14.4 Å². The van der Waals surface area contributed by atoms with Crippen LogP contribution in [0.5, 0.6) is 5.75 Å². The first-order chi connectivity index (χ1) is 19.5. The molecule has 2 aromatic heterocycles. The van der Waals surface area contributed by atoms with E-state index >= 15 is 0 Å². The number of benzene rings is 2. The molecular weight excluding hydrogens is 549 g/mol. The highest BCUT2D eigenvalue weighted by atomic mass is 35.5. The maximum Gasteiger partial charge on any atom is 0.277 e. The Hall–Kier alpha value is -4.22. The van der Waals surface area contributed by atoms with E-state index in [1.54, 1.807) is 58.2 Å². The van der Waals surface area contributed by atoms with Crippen LogP contribution in [0, 0.1) is 5.82 Å². The second kappa shape index (κ2) is 11.3. The molecule has 0 atom stereocenters. The Morgan fingerprint density at radius 1 is 1.05 bits per heavy atom. The van der Waals surface area contributed by atoms with E-state index in [4.69, 9.17) is 16.3 Å². The molecule has 1 fully saturated rings. The normalized spacial score (nSPS) is 13.9. The molecule has 3 heterocycles. The van der Waals surface area contributed by atoms with Crippen LogP contribution in [0.25, 0.3) is 16.9 Å². The molecule has 1 saturated heterocycles. The third kappa shape index (κ3) is 6.10. The number of hydrogen-bond acceptors (Lipinski definition) is 6. The van der Waals surface area contributed by atoms with Gasteiger partial charge in [0.25, 0.3) is 11.8 Å². The summed E-state index contributed by atoms with van der Waals surface area (Å²) in [5.74, 6) is 0.0789. The summed E-state index contributed by atoms with van der Waals surface area (Å²) in [7, 11) is 7.35. The monoisotopic (exact) mass is 580 g/mol. The van der Waals surface area contributed by atoms with Gasteiger partial charge in [-0.05, 0) is 36.4 Å². The molecule has 4 aromatic rings. The van der Waals surface area contributed by atoms with Crippen molar-refractivity contribution in [1.82, 2.24) is 24.2 Å². The van der Waals surface area contributed by atoms with E-state index in [1.165, 1.54) is 13.2 Å². The van der Waals surface area contributed by atoms with Gasteiger partial charge in [0.2, 0.25) is 0 Å². The Bertz CT molecular complexity index is 1610. The minimum Gasteiger partial charge on any atom is -0.494 e. The van der Waals surface area contributed by atoms with Crippen LogP contribution in [0.15, 0.2) is 55.0 Å². The fourth-order valence-corrected chi connectivity index (χ4v) is 5.05. The molecule has 2 aromatic carbocycles. The molecule has 0 spiro atoms. The van der Waals surface area contributed by atoms with Crippen molar-refractivity contribution in [2.24, 2.45) is 0 Å². The SMILES string of the molecule is COc1ccc(-c2cnc3c(Nc4ccc(C(=O)N5CCN(C(=O)C[N+](C)(C)C)CC5)c(Cl)c4)nccn23)cc1F. The van der Waals surface area contributed by atoms with E-state index in [2.05, 4.69) is 15.3 Å². The van der Waals surface area contributed by atoms with Crippen molar-refractivity contribution in [3.05, 3.63) is 71.4 Å². The van der Waals surface area contributed by atoms with E-state index in [0.29, 0.717) is 76.2 Å². The van der Waals surface area contributed by atoms with Gasteiger partial charge in [-0.15, -0.1) is 0 Å². The first kappa shape index (κ1) is 28.3. The maximum absolute atomic E-state index is 14.3. The lowest BCUT2D eigenvalue weighted by Crippen LogP contribution is -2.54. The van der Waals surface area contributed by atoms with Crippen molar-refractivity contribution in [3.63, 3.8) is 0 Å². The van der Waals surface area contributed by atoms with Crippen LogP contribution in [-0.2, 0) is 4.79 Å². The average molecular weight is 581 g/mol. The van der Waals surface area contributed by atoms with Gasteiger partial charge < -0.3 is 24.3 Å². The number of fused-ring (bicyclic) bond motifs is 1. The third-order valence-electron chi connectivity index (χ3n) is 6.87. The van der Waals surface area contributed by atoms with Gasteiger partial charge in [-0.3, -0.25) is 14.0 Å². The molecule has 0 saturated carbocycles. The number of piperazine rings is 1. The van der Waals surface area contributed by atoms with Crippen molar-refractivity contribution in [2.75, 3.05) is 66.3 Å². The van der Waals surface area contributed by atoms with E-state index in [-0.39, 0.29) is 17.6 Å². The van der Waals surface area contributed by atoms with Crippen molar-refractivity contribution in [3.8, 4) is 17.0 Å². The molecule has 41 heavy (non-hydrogen) atoms. The van der Waals surface area contributed by atoms with Crippen LogP contribution in [0.3, 0.4) is 0 Å². The number of quaternary nitrogens is 1. The Kier molecular flexibility index (Phi) is 7.83. The summed E-state index contributed by atoms with van der Waals surface area (Å²) in [6, 6.07) is 9.84. The van der Waals surface area contributed by atoms with Crippen LogP contribution >= 0.6 is 11.6 Å². The molecule has 10 nitrogen and oxygen atoms in total. The summed E-state index contributed by atoms with van der Waals surface area (Å²) in [6.07, 6.45) is 5.01. The fraction of sp³-hybridized carbons (Fsp3) is 0.310. The van der Waals surface area contributed by atoms with Gasteiger partial charge >= 0.3 is 0 Å². The summed E-state index contributed by atoms with van der Waals surface area (Å²) < 4.78 is 21.7. The maximum atomic E-state index is 14.3. The van der Waals surface area contributed by atoms with Crippen molar-refractivity contribution >= 4 is 40.6 Å². The summed E-state index contributed by atoms with van der Waals surface area (Å²) in [5.41, 5.74) is 2.87. The number of imidazole rings is 1. The second-order valence-corrected chi connectivity index (χ2v) is 11.3. The minimum absolute atomic E-state index is 0.0856. The molecule has 0 unspecified atom stereocenters. The van der Waals surface area contributed by atoms with Gasteiger partial charge in [0.1, 0.15) is 0 Å². The van der Waals surface area contributed by atoms with Gasteiger partial charge in [-0.2, -0.15) is 0 Å². The lowest BCUT2D eigenvalue weighted by atomic mass is 10.1. The molecule has 214 valence electrons. The Balaban J connectivity index is 1.29. The van der Waals surface area contributed by atoms with Gasteiger partial charge in [0, 0.05) is 49.8 Å². The number of methoxy groups -OCH3 is 1. The zero-order valence-corrected chi connectivity index (χ0v) is 24.2. The zero-order valence-electron chi connectivity index (χ0n) is 23.4. The van der Waals surface area contributed by atoms with Crippen LogP contribution in [0.1, 0.15) is 10.4 Å². The number of carbonyl (C=O) groups excluding carboxylic acids is 2. The molecular formula is C29H32ClFN7O3+. The van der Waals surface area contributed by atoms with Gasteiger partial charge in [0.15, 0.2) is 29.6 Å². The summed E-state index contributed by atoms with van der Waals surface area (Å²) in [5, 5.41) is 3.52. The highest BCUT2D eigenvalue weighted by Crippen LogP contribution is 2.30. The van der Waals surface area contributed by atoms with E-state index in [9.17, 15) is 14.0 Å². The van der Waals surface area contributed by atoms with Crippen LogP contribution < -0.4 is 10.1 Å². The van der Waals surface area contributed by atoms with Crippen molar-refractivity contribution < 1.29 is 23.2 Å². The second-order valence-electron chi connectivity index (χ2n) is 10.9. The lowest BCUT2D eigenvalue weighted by molar-refractivity contribution is -0.862. The van der Waals surface area contributed by atoms with Crippen molar-refractivity contribution in [2.45, 2.75) is 0 Å². The smallest absolute Gasteiger partial charge is 0.277 e. The number of amides is 2. The first-order valence-corrected chi connectivity index (χ1v) is 13.5. The number of nitrogens with zero attached hydrogens (tertiary/aromatic N) is 6. The molecule has 0 bridgehead atoms. The van der Waals surface area contributed by atoms with E-state index in [0.717, 1.165) is 0 Å². The quantitative estimate of drug-likeness (QED) is 0.333. The Morgan fingerprint density at radius 2 is 1.78 bits per heavy atom. The topological polar surface area (TPSA) is 92.1 Å². The molecule has 1 aliphatic heterocycles. The fourth-order valence-electron chi connectivity index (χ4n) is 4.78. The van der Waals surface area contributed by atoms with Gasteiger partial charge in [-0.1, -0.05) is 11.6 Å². The number of anilines is 2. The number of nitrogens with one attached hydrogen (secondary N) is 1. The molecule has 5 rings (SSSR count). The lowest BCUT2D eigenvalue weighted by Gasteiger charge is -2.36.